The highest BCUT2D eigenvalue weighted by atomic mass is 35.5. The highest BCUT2D eigenvalue weighted by Gasteiger charge is 2.09. The summed E-state index contributed by atoms with van der Waals surface area (Å²) in [5.74, 6) is -0.222. The maximum absolute atomic E-state index is 11.9. The van der Waals surface area contributed by atoms with Crippen LogP contribution in [0, 0.1) is 0 Å². The number of amides is 1. The van der Waals surface area contributed by atoms with E-state index >= 15 is 0 Å². The van der Waals surface area contributed by atoms with Gasteiger partial charge in [0.25, 0.3) is 5.91 Å². The van der Waals surface area contributed by atoms with Crippen molar-refractivity contribution in [3.8, 4) is 0 Å². The third-order valence-electron chi connectivity index (χ3n) is 2.65. The van der Waals surface area contributed by atoms with E-state index in [4.69, 9.17) is 34.8 Å². The number of hydrogen-bond acceptors (Lipinski definition) is 2. The number of hydrogen-bond donors (Lipinski definition) is 1. The van der Waals surface area contributed by atoms with E-state index in [-0.39, 0.29) is 5.91 Å². The molecule has 1 N–H and O–H groups in total. The van der Waals surface area contributed by atoms with Crippen molar-refractivity contribution in [2.75, 3.05) is 6.54 Å². The van der Waals surface area contributed by atoms with E-state index in [1.807, 2.05) is 0 Å². The van der Waals surface area contributed by atoms with Crippen LogP contribution in [-0.2, 0) is 6.42 Å². The van der Waals surface area contributed by atoms with Crippen LogP contribution in [0.2, 0.25) is 15.1 Å². The van der Waals surface area contributed by atoms with Crippen LogP contribution in [0.5, 0.6) is 0 Å². The number of nitrogens with one attached hydrogen (secondary N) is 1. The summed E-state index contributed by atoms with van der Waals surface area (Å²) in [5.41, 5.74) is 1.14. The first-order valence-electron chi connectivity index (χ1n) is 5.90. The number of aromatic nitrogens is 1. The second-order valence-electron chi connectivity index (χ2n) is 4.07. The highest BCUT2D eigenvalue weighted by Crippen LogP contribution is 2.18. The van der Waals surface area contributed by atoms with E-state index in [1.54, 1.807) is 30.3 Å². The summed E-state index contributed by atoms with van der Waals surface area (Å²) in [6, 6.07) is 8.51. The lowest BCUT2D eigenvalue weighted by atomic mass is 10.2. The van der Waals surface area contributed by atoms with Crippen LogP contribution in [0.25, 0.3) is 0 Å². The first-order chi connectivity index (χ1) is 9.58. The molecule has 3 nitrogen and oxygen atoms in total. The minimum Gasteiger partial charge on any atom is -0.352 e. The number of pyridine rings is 1. The summed E-state index contributed by atoms with van der Waals surface area (Å²) in [5, 5.41) is 4.17. The van der Waals surface area contributed by atoms with Crippen molar-refractivity contribution in [1.29, 1.82) is 0 Å². The van der Waals surface area contributed by atoms with Crippen LogP contribution in [0.15, 0.2) is 36.5 Å². The lowest BCUT2D eigenvalue weighted by Gasteiger charge is -2.07. The average molecular weight is 330 g/mol. The zero-order valence-electron chi connectivity index (χ0n) is 10.4. The van der Waals surface area contributed by atoms with Crippen molar-refractivity contribution in [3.05, 3.63) is 62.9 Å². The van der Waals surface area contributed by atoms with Crippen LogP contribution < -0.4 is 5.32 Å². The zero-order chi connectivity index (χ0) is 14.5. The molecule has 0 saturated carbocycles. The van der Waals surface area contributed by atoms with E-state index in [9.17, 15) is 4.79 Å². The number of carbonyl (C=O) groups is 1. The van der Waals surface area contributed by atoms with Gasteiger partial charge in [-0.3, -0.25) is 9.78 Å². The van der Waals surface area contributed by atoms with E-state index in [1.165, 1.54) is 6.20 Å². The number of carbonyl (C=O) groups excluding carboxylic acids is 1. The van der Waals surface area contributed by atoms with Gasteiger partial charge in [-0.05, 0) is 18.2 Å². The van der Waals surface area contributed by atoms with Gasteiger partial charge in [-0.2, -0.15) is 0 Å². The summed E-state index contributed by atoms with van der Waals surface area (Å²) >= 11 is 17.7. The Morgan fingerprint density at radius 1 is 1.15 bits per heavy atom. The minimum atomic E-state index is -0.222. The average Bonchev–Trinajstić information content (AvgIpc) is 2.41. The van der Waals surface area contributed by atoms with Crippen molar-refractivity contribution >= 4 is 40.7 Å². The van der Waals surface area contributed by atoms with Gasteiger partial charge >= 0.3 is 0 Å². The Labute approximate surface area is 131 Å². The van der Waals surface area contributed by atoms with E-state index < -0.39 is 0 Å². The molecule has 1 heterocycles. The first-order valence-corrected chi connectivity index (χ1v) is 7.04. The van der Waals surface area contributed by atoms with Crippen molar-refractivity contribution in [2.24, 2.45) is 0 Å². The third kappa shape index (κ3) is 3.85. The van der Waals surface area contributed by atoms with Crippen LogP contribution >= 0.6 is 34.8 Å². The van der Waals surface area contributed by atoms with Gasteiger partial charge in [0.15, 0.2) is 0 Å². The van der Waals surface area contributed by atoms with Gasteiger partial charge in [-0.1, -0.05) is 46.9 Å². The highest BCUT2D eigenvalue weighted by molar-refractivity contribution is 6.35. The molecule has 1 aromatic carbocycles. The maximum Gasteiger partial charge on any atom is 0.252 e. The van der Waals surface area contributed by atoms with Crippen molar-refractivity contribution in [3.63, 3.8) is 0 Å². The molecule has 0 aliphatic carbocycles. The van der Waals surface area contributed by atoms with Crippen LogP contribution in [0.1, 0.15) is 16.1 Å². The molecular weight excluding hydrogens is 319 g/mol. The van der Waals surface area contributed by atoms with Crippen LogP contribution in [0.3, 0.4) is 0 Å². The molecule has 2 aromatic rings. The number of halogens is 3. The Balaban J connectivity index is 1.93. The van der Waals surface area contributed by atoms with Gasteiger partial charge in [0.1, 0.15) is 0 Å². The predicted octanol–water partition coefficient (Wildman–Crippen LogP) is 4.01. The molecule has 0 aliphatic heterocycles. The van der Waals surface area contributed by atoms with E-state index in [2.05, 4.69) is 10.3 Å². The molecule has 0 atom stereocenters. The molecule has 6 heteroatoms. The van der Waals surface area contributed by atoms with E-state index in [0.717, 1.165) is 0 Å². The molecule has 0 bridgehead atoms. The zero-order valence-corrected chi connectivity index (χ0v) is 12.6. The molecule has 2 rings (SSSR count). The van der Waals surface area contributed by atoms with Crippen molar-refractivity contribution in [1.82, 2.24) is 10.3 Å². The van der Waals surface area contributed by atoms with Crippen molar-refractivity contribution < 1.29 is 4.79 Å². The number of nitrogens with zero attached hydrogens (tertiary/aromatic N) is 1. The smallest absolute Gasteiger partial charge is 0.252 e. The molecule has 20 heavy (non-hydrogen) atoms. The van der Waals surface area contributed by atoms with E-state index in [0.29, 0.717) is 39.3 Å². The summed E-state index contributed by atoms with van der Waals surface area (Å²) < 4.78 is 0. The molecule has 1 aromatic heterocycles. The first kappa shape index (κ1) is 15.1. The fourth-order valence-electron chi connectivity index (χ4n) is 1.66. The summed E-state index contributed by atoms with van der Waals surface area (Å²) in [6.45, 7) is 0.415. The lowest BCUT2D eigenvalue weighted by Crippen LogP contribution is -2.26. The largest absolute Gasteiger partial charge is 0.352 e. The fraction of sp³-hybridized carbons (Fsp3) is 0.143. The van der Waals surface area contributed by atoms with Gasteiger partial charge in [-0.25, -0.2) is 0 Å². The molecule has 0 saturated heterocycles. The van der Waals surface area contributed by atoms with Gasteiger partial charge in [0.05, 0.1) is 26.3 Å². The van der Waals surface area contributed by atoms with Gasteiger partial charge < -0.3 is 5.32 Å². The normalized spacial score (nSPS) is 10.3. The Morgan fingerprint density at radius 2 is 1.90 bits per heavy atom. The van der Waals surface area contributed by atoms with Gasteiger partial charge in [0.2, 0.25) is 0 Å². The SMILES string of the molecule is O=C(NCCc1ncc(Cl)cc1Cl)c1ccccc1Cl. The lowest BCUT2D eigenvalue weighted by molar-refractivity contribution is 0.0954. The quantitative estimate of drug-likeness (QED) is 0.920. The summed E-state index contributed by atoms with van der Waals surface area (Å²) in [4.78, 5) is 16.0. The van der Waals surface area contributed by atoms with Gasteiger partial charge in [-0.15, -0.1) is 0 Å². The van der Waals surface area contributed by atoms with Crippen LogP contribution in [-0.4, -0.2) is 17.4 Å². The Kier molecular flexibility index (Phi) is 5.24. The maximum atomic E-state index is 11.9. The summed E-state index contributed by atoms with van der Waals surface area (Å²) in [7, 11) is 0. The third-order valence-corrected chi connectivity index (χ3v) is 3.51. The molecule has 104 valence electrons. The van der Waals surface area contributed by atoms with Gasteiger partial charge in [0, 0.05) is 19.2 Å². The fourth-order valence-corrected chi connectivity index (χ4v) is 2.36. The molecule has 0 fully saturated rings. The summed E-state index contributed by atoms with van der Waals surface area (Å²) in [6.07, 6.45) is 2.05. The predicted molar refractivity (Wildman–Crippen MR) is 81.7 cm³/mol. The molecule has 0 unspecified atom stereocenters. The Bertz CT molecular complexity index is 632. The van der Waals surface area contributed by atoms with Crippen molar-refractivity contribution in [2.45, 2.75) is 6.42 Å². The Hall–Kier alpha value is -1.29. The number of rotatable bonds is 4. The molecule has 1 amide bonds. The molecular formula is C14H11Cl3N2O. The molecule has 0 spiro atoms. The minimum absolute atomic E-state index is 0.222. The topological polar surface area (TPSA) is 42.0 Å². The molecule has 0 radical (unpaired) electrons. The second-order valence-corrected chi connectivity index (χ2v) is 5.32. The second kappa shape index (κ2) is 6.93. The van der Waals surface area contributed by atoms with Crippen LogP contribution in [0.4, 0.5) is 0 Å². The number of benzene rings is 1. The monoisotopic (exact) mass is 328 g/mol. The standard InChI is InChI=1S/C14H11Cl3N2O/c15-9-7-12(17)13(19-8-9)5-6-18-14(20)10-3-1-2-4-11(10)16/h1-4,7-8H,5-6H2,(H,18,20). The molecule has 0 aliphatic rings. The Morgan fingerprint density at radius 3 is 2.60 bits per heavy atom.